The first kappa shape index (κ1) is 17.0. The summed E-state index contributed by atoms with van der Waals surface area (Å²) in [4.78, 5) is 2.74. The summed E-state index contributed by atoms with van der Waals surface area (Å²) in [5.74, 6) is 1.61. The summed E-state index contributed by atoms with van der Waals surface area (Å²) in [7, 11) is 0. The molecule has 0 spiro atoms. The zero-order valence-electron chi connectivity index (χ0n) is 13.5. The summed E-state index contributed by atoms with van der Waals surface area (Å²) in [6, 6.07) is 0.880. The fourth-order valence-corrected chi connectivity index (χ4v) is 3.63. The Morgan fingerprint density at radius 3 is 2.32 bits per heavy atom. The minimum Gasteiger partial charge on any atom is -0.330 e. The largest absolute Gasteiger partial charge is 0.330 e. The zero-order chi connectivity index (χ0) is 14.1. The van der Waals surface area contributed by atoms with E-state index >= 15 is 0 Å². The lowest BCUT2D eigenvalue weighted by Crippen LogP contribution is -2.37. The van der Waals surface area contributed by atoms with E-state index in [1.165, 1.54) is 64.5 Å². The van der Waals surface area contributed by atoms with Crippen molar-refractivity contribution in [3.63, 3.8) is 0 Å². The number of hydrogen-bond donors (Lipinski definition) is 1. The third-order valence-electron chi connectivity index (χ3n) is 5.00. The molecule has 0 aromatic heterocycles. The van der Waals surface area contributed by atoms with Crippen molar-refractivity contribution in [3.05, 3.63) is 0 Å². The lowest BCUT2D eigenvalue weighted by atomic mass is 9.88. The summed E-state index contributed by atoms with van der Waals surface area (Å²) in [5, 5.41) is 0. The van der Waals surface area contributed by atoms with Crippen molar-refractivity contribution < 1.29 is 0 Å². The van der Waals surface area contributed by atoms with E-state index in [2.05, 4.69) is 25.7 Å². The molecule has 1 aliphatic carbocycles. The van der Waals surface area contributed by atoms with Crippen molar-refractivity contribution in [2.45, 2.75) is 78.2 Å². The first-order valence-corrected chi connectivity index (χ1v) is 8.63. The molecule has 0 heterocycles. The quantitative estimate of drug-likeness (QED) is 0.684. The second-order valence-electron chi connectivity index (χ2n) is 6.64. The Hall–Kier alpha value is -0.0800. The van der Waals surface area contributed by atoms with Crippen LogP contribution < -0.4 is 5.73 Å². The fraction of sp³-hybridized carbons (Fsp3) is 1.00. The molecule has 1 atom stereocenters. The second-order valence-corrected chi connectivity index (χ2v) is 6.64. The van der Waals surface area contributed by atoms with Gasteiger partial charge in [0.15, 0.2) is 0 Å². The van der Waals surface area contributed by atoms with E-state index < -0.39 is 0 Å². The van der Waals surface area contributed by atoms with Gasteiger partial charge in [0.25, 0.3) is 0 Å². The molecule has 0 aromatic rings. The highest BCUT2D eigenvalue weighted by molar-refractivity contribution is 4.75. The molecule has 0 bridgehead atoms. The average molecular weight is 268 g/mol. The first-order valence-electron chi connectivity index (χ1n) is 8.63. The van der Waals surface area contributed by atoms with E-state index in [0.29, 0.717) is 0 Å². The molecule has 0 aliphatic heterocycles. The second kappa shape index (κ2) is 9.77. The van der Waals surface area contributed by atoms with Crippen LogP contribution in [0.4, 0.5) is 0 Å². The van der Waals surface area contributed by atoms with E-state index in [4.69, 9.17) is 5.73 Å². The molecule has 0 amide bonds. The monoisotopic (exact) mass is 268 g/mol. The van der Waals surface area contributed by atoms with Crippen LogP contribution in [0.25, 0.3) is 0 Å². The van der Waals surface area contributed by atoms with Crippen molar-refractivity contribution in [2.75, 3.05) is 19.6 Å². The Morgan fingerprint density at radius 2 is 1.79 bits per heavy atom. The molecule has 1 aliphatic rings. The number of nitrogens with zero attached hydrogens (tertiary/aromatic N) is 1. The van der Waals surface area contributed by atoms with Gasteiger partial charge in [-0.15, -0.1) is 0 Å². The average Bonchev–Trinajstić information content (AvgIpc) is 2.43. The van der Waals surface area contributed by atoms with Gasteiger partial charge in [0.1, 0.15) is 0 Å². The number of hydrogen-bond acceptors (Lipinski definition) is 2. The van der Waals surface area contributed by atoms with Gasteiger partial charge in [-0.05, 0) is 63.6 Å². The maximum atomic E-state index is 5.73. The van der Waals surface area contributed by atoms with Crippen LogP contribution in [0.2, 0.25) is 0 Å². The van der Waals surface area contributed by atoms with Gasteiger partial charge in [-0.1, -0.05) is 40.0 Å². The lowest BCUT2D eigenvalue weighted by molar-refractivity contribution is 0.155. The van der Waals surface area contributed by atoms with Gasteiger partial charge in [-0.25, -0.2) is 0 Å². The normalized spacial score (nSPS) is 19.3. The van der Waals surface area contributed by atoms with Gasteiger partial charge in [0, 0.05) is 6.04 Å². The summed E-state index contributed by atoms with van der Waals surface area (Å²) in [5.41, 5.74) is 5.73. The smallest absolute Gasteiger partial charge is 0.00951 e. The van der Waals surface area contributed by atoms with Gasteiger partial charge in [0.05, 0.1) is 0 Å². The van der Waals surface area contributed by atoms with Gasteiger partial charge in [-0.3, -0.25) is 0 Å². The first-order chi connectivity index (χ1) is 9.19. The van der Waals surface area contributed by atoms with Crippen molar-refractivity contribution in [3.8, 4) is 0 Å². The third kappa shape index (κ3) is 6.27. The summed E-state index contributed by atoms with van der Waals surface area (Å²) < 4.78 is 0. The van der Waals surface area contributed by atoms with Gasteiger partial charge in [0.2, 0.25) is 0 Å². The molecule has 0 radical (unpaired) electrons. The number of nitrogens with two attached hydrogens (primary N) is 1. The maximum absolute atomic E-state index is 5.73. The fourth-order valence-electron chi connectivity index (χ4n) is 3.63. The molecule has 0 aromatic carbocycles. The molecule has 1 saturated carbocycles. The molecular formula is C17H36N2. The summed E-state index contributed by atoms with van der Waals surface area (Å²) >= 11 is 0. The van der Waals surface area contributed by atoms with E-state index in [9.17, 15) is 0 Å². The molecule has 2 N–H and O–H groups in total. The van der Waals surface area contributed by atoms with Crippen LogP contribution in [0.5, 0.6) is 0 Å². The zero-order valence-corrected chi connectivity index (χ0v) is 13.5. The van der Waals surface area contributed by atoms with Crippen molar-refractivity contribution in [1.29, 1.82) is 0 Å². The Labute approximate surface area is 121 Å². The Kier molecular flexibility index (Phi) is 8.72. The summed E-state index contributed by atoms with van der Waals surface area (Å²) in [6.07, 6.45) is 11.1. The van der Waals surface area contributed by atoms with E-state index in [1.54, 1.807) is 0 Å². The summed E-state index contributed by atoms with van der Waals surface area (Å²) in [6.45, 7) is 10.4. The van der Waals surface area contributed by atoms with Crippen LogP contribution >= 0.6 is 0 Å². The molecule has 1 fully saturated rings. The van der Waals surface area contributed by atoms with Gasteiger partial charge >= 0.3 is 0 Å². The standard InChI is InChI=1S/C17H36N2/c1-4-19(17-10-6-5-7-11-17)14-8-9-16(12-13-18)15(2)3/h15-17H,4-14,18H2,1-3H3. The SMILES string of the molecule is CCN(CCCC(CCN)C(C)C)C1CCCCC1. The lowest BCUT2D eigenvalue weighted by Gasteiger charge is -2.34. The van der Waals surface area contributed by atoms with Crippen LogP contribution in [0.3, 0.4) is 0 Å². The molecule has 1 unspecified atom stereocenters. The van der Waals surface area contributed by atoms with Gasteiger partial charge < -0.3 is 10.6 Å². The van der Waals surface area contributed by atoms with E-state index in [-0.39, 0.29) is 0 Å². The molecule has 114 valence electrons. The highest BCUT2D eigenvalue weighted by Gasteiger charge is 2.20. The van der Waals surface area contributed by atoms with Crippen LogP contribution in [0.15, 0.2) is 0 Å². The Balaban J connectivity index is 2.27. The molecule has 2 nitrogen and oxygen atoms in total. The predicted molar refractivity (Wildman–Crippen MR) is 85.4 cm³/mol. The highest BCUT2D eigenvalue weighted by atomic mass is 15.1. The highest BCUT2D eigenvalue weighted by Crippen LogP contribution is 2.24. The predicted octanol–water partition coefficient (Wildman–Crippen LogP) is 4.04. The molecule has 19 heavy (non-hydrogen) atoms. The number of rotatable bonds is 9. The minimum absolute atomic E-state index is 0.785. The van der Waals surface area contributed by atoms with Crippen LogP contribution in [0.1, 0.15) is 72.1 Å². The molecular weight excluding hydrogens is 232 g/mol. The van der Waals surface area contributed by atoms with Crippen molar-refractivity contribution in [2.24, 2.45) is 17.6 Å². The maximum Gasteiger partial charge on any atom is 0.00951 e. The Morgan fingerprint density at radius 1 is 1.11 bits per heavy atom. The van der Waals surface area contributed by atoms with Gasteiger partial charge in [-0.2, -0.15) is 0 Å². The van der Waals surface area contributed by atoms with Crippen molar-refractivity contribution in [1.82, 2.24) is 4.90 Å². The topological polar surface area (TPSA) is 29.3 Å². The van der Waals surface area contributed by atoms with Crippen LogP contribution in [0, 0.1) is 11.8 Å². The minimum atomic E-state index is 0.785. The molecule has 1 rings (SSSR count). The van der Waals surface area contributed by atoms with Crippen LogP contribution in [-0.2, 0) is 0 Å². The molecule has 2 heteroatoms. The third-order valence-corrected chi connectivity index (χ3v) is 5.00. The van der Waals surface area contributed by atoms with Crippen molar-refractivity contribution >= 4 is 0 Å². The molecule has 0 saturated heterocycles. The van der Waals surface area contributed by atoms with E-state index in [0.717, 1.165) is 24.4 Å². The van der Waals surface area contributed by atoms with Crippen LogP contribution in [-0.4, -0.2) is 30.6 Å². The Bertz CT molecular complexity index is 209. The van der Waals surface area contributed by atoms with E-state index in [1.807, 2.05) is 0 Å².